The van der Waals surface area contributed by atoms with E-state index in [1.807, 2.05) is 52.7 Å². The molecule has 3 nitrogen and oxygen atoms in total. The average molecular weight is 319 g/mol. The summed E-state index contributed by atoms with van der Waals surface area (Å²) in [5, 5.41) is 3.66. The number of ether oxygens (including phenoxy) is 1. The van der Waals surface area contributed by atoms with Crippen molar-refractivity contribution in [1.29, 1.82) is 0 Å². The molecule has 0 unspecified atom stereocenters. The molecule has 3 aromatic rings. The van der Waals surface area contributed by atoms with E-state index >= 15 is 0 Å². The van der Waals surface area contributed by atoms with Gasteiger partial charge in [-0.25, -0.2) is 4.79 Å². The van der Waals surface area contributed by atoms with Crippen molar-refractivity contribution in [3.63, 3.8) is 0 Å². The minimum absolute atomic E-state index is 0.345. The van der Waals surface area contributed by atoms with Gasteiger partial charge in [-0.3, -0.25) is 0 Å². The van der Waals surface area contributed by atoms with Crippen LogP contribution in [0.4, 0.5) is 0 Å². The first kappa shape index (κ1) is 14.0. The van der Waals surface area contributed by atoms with Crippen LogP contribution >= 0.6 is 22.9 Å². The molecule has 0 aliphatic rings. The number of esters is 1. The highest BCUT2D eigenvalue weighted by Gasteiger charge is 2.32. The molecule has 106 valence electrons. The summed E-state index contributed by atoms with van der Waals surface area (Å²) in [7, 11) is 1.38. The summed E-state index contributed by atoms with van der Waals surface area (Å²) in [5.41, 5.74) is 0.727. The van der Waals surface area contributed by atoms with Crippen molar-refractivity contribution in [2.75, 3.05) is 7.11 Å². The van der Waals surface area contributed by atoms with E-state index in [1.165, 1.54) is 11.8 Å². The number of methoxy groups -OCH3 is 1. The summed E-state index contributed by atoms with van der Waals surface area (Å²) in [6.07, 6.45) is 3.82. The van der Waals surface area contributed by atoms with Gasteiger partial charge in [0.25, 0.3) is 6.04 Å². The number of fused-ring (bicyclic) bond motifs is 1. The van der Waals surface area contributed by atoms with E-state index in [0.29, 0.717) is 5.02 Å². The van der Waals surface area contributed by atoms with Gasteiger partial charge in [0.15, 0.2) is 12.4 Å². The van der Waals surface area contributed by atoms with Crippen molar-refractivity contribution < 1.29 is 14.1 Å². The number of hydrogen-bond acceptors (Lipinski definition) is 3. The van der Waals surface area contributed by atoms with Crippen LogP contribution in [0.3, 0.4) is 0 Å². The standard InChI is InChI=1S/C16H13ClNO2S/c1-20-16(19)15(12-4-2-3-5-13(12)17)18-8-6-14-11(10-18)7-9-21-14/h2-10,15H,1H3/q+1/t15-/m1/s1. The molecule has 0 N–H and O–H groups in total. The molecule has 0 spiro atoms. The smallest absolute Gasteiger partial charge is 0.380 e. The molecular weight excluding hydrogens is 306 g/mol. The van der Waals surface area contributed by atoms with Gasteiger partial charge in [-0.05, 0) is 17.5 Å². The molecule has 21 heavy (non-hydrogen) atoms. The van der Waals surface area contributed by atoms with Crippen LogP contribution in [0.5, 0.6) is 0 Å². The first-order chi connectivity index (χ1) is 10.2. The minimum atomic E-state index is -0.590. The Morgan fingerprint density at radius 1 is 1.29 bits per heavy atom. The van der Waals surface area contributed by atoms with Gasteiger partial charge in [0, 0.05) is 10.8 Å². The van der Waals surface area contributed by atoms with E-state index in [1.54, 1.807) is 17.4 Å². The number of benzene rings is 1. The second-order valence-electron chi connectivity index (χ2n) is 4.58. The topological polar surface area (TPSA) is 30.2 Å². The molecule has 1 atom stereocenters. The number of aromatic nitrogens is 1. The fourth-order valence-corrected chi connectivity index (χ4v) is 3.31. The molecule has 0 aliphatic heterocycles. The lowest BCUT2D eigenvalue weighted by Crippen LogP contribution is -2.44. The Kier molecular flexibility index (Phi) is 3.90. The highest BCUT2D eigenvalue weighted by Crippen LogP contribution is 2.25. The highest BCUT2D eigenvalue weighted by atomic mass is 35.5. The van der Waals surface area contributed by atoms with E-state index in [9.17, 15) is 4.79 Å². The first-order valence-electron chi connectivity index (χ1n) is 6.41. The first-order valence-corrected chi connectivity index (χ1v) is 7.66. The second kappa shape index (κ2) is 5.84. The van der Waals surface area contributed by atoms with E-state index in [2.05, 4.69) is 0 Å². The minimum Gasteiger partial charge on any atom is -0.464 e. The normalized spacial score (nSPS) is 12.3. The Balaban J connectivity index is 2.15. The van der Waals surface area contributed by atoms with Crippen LogP contribution in [0.1, 0.15) is 11.6 Å². The van der Waals surface area contributed by atoms with E-state index < -0.39 is 6.04 Å². The van der Waals surface area contributed by atoms with Crippen molar-refractivity contribution in [3.05, 3.63) is 64.8 Å². The largest absolute Gasteiger partial charge is 0.464 e. The van der Waals surface area contributed by atoms with Gasteiger partial charge in [0.05, 0.1) is 23.1 Å². The number of halogens is 1. The van der Waals surface area contributed by atoms with E-state index in [-0.39, 0.29) is 5.97 Å². The predicted octanol–water partition coefficient (Wildman–Crippen LogP) is 3.60. The third kappa shape index (κ3) is 2.64. The van der Waals surface area contributed by atoms with Crippen LogP contribution in [0, 0.1) is 0 Å². The van der Waals surface area contributed by atoms with Gasteiger partial charge < -0.3 is 4.74 Å². The fourth-order valence-electron chi connectivity index (χ4n) is 2.31. The lowest BCUT2D eigenvalue weighted by atomic mass is 10.1. The molecule has 0 fully saturated rings. The van der Waals surface area contributed by atoms with Crippen LogP contribution in [0.2, 0.25) is 5.02 Å². The molecule has 3 rings (SSSR count). The van der Waals surface area contributed by atoms with Crippen LogP contribution in [-0.4, -0.2) is 13.1 Å². The Labute approximate surface area is 131 Å². The number of carbonyl (C=O) groups is 1. The molecule has 2 heterocycles. The van der Waals surface area contributed by atoms with Crippen molar-refractivity contribution in [2.24, 2.45) is 0 Å². The van der Waals surface area contributed by atoms with Gasteiger partial charge >= 0.3 is 5.97 Å². The van der Waals surface area contributed by atoms with Crippen molar-refractivity contribution in [2.45, 2.75) is 6.04 Å². The zero-order valence-electron chi connectivity index (χ0n) is 11.3. The van der Waals surface area contributed by atoms with Gasteiger partial charge in [0.2, 0.25) is 0 Å². The summed E-state index contributed by atoms with van der Waals surface area (Å²) in [6, 6.07) is 10.7. The SMILES string of the molecule is COC(=O)[C@@H](c1ccccc1Cl)[n+]1ccc2sccc2c1. The molecule has 0 radical (unpaired) electrons. The lowest BCUT2D eigenvalue weighted by Gasteiger charge is -2.12. The van der Waals surface area contributed by atoms with Crippen LogP contribution in [0.25, 0.3) is 10.1 Å². The second-order valence-corrected chi connectivity index (χ2v) is 5.93. The molecule has 0 saturated carbocycles. The van der Waals surface area contributed by atoms with Crippen LogP contribution in [0.15, 0.2) is 54.2 Å². The third-order valence-corrected chi connectivity index (χ3v) is 4.58. The highest BCUT2D eigenvalue weighted by molar-refractivity contribution is 7.17. The zero-order chi connectivity index (χ0) is 14.8. The summed E-state index contributed by atoms with van der Waals surface area (Å²) >= 11 is 7.91. The summed E-state index contributed by atoms with van der Waals surface area (Å²) < 4.78 is 7.96. The number of nitrogens with zero attached hydrogens (tertiary/aromatic N) is 1. The third-order valence-electron chi connectivity index (χ3n) is 3.34. The fraction of sp³-hybridized carbons (Fsp3) is 0.125. The Morgan fingerprint density at radius 2 is 2.10 bits per heavy atom. The molecule has 2 aromatic heterocycles. The van der Waals surface area contributed by atoms with E-state index in [4.69, 9.17) is 16.3 Å². The molecule has 0 aliphatic carbocycles. The van der Waals surface area contributed by atoms with E-state index in [0.717, 1.165) is 10.9 Å². The Bertz CT molecular complexity index is 800. The molecule has 0 saturated heterocycles. The molecule has 0 amide bonds. The summed E-state index contributed by atoms with van der Waals surface area (Å²) in [5.74, 6) is -0.345. The number of thiophene rings is 1. The molecule has 5 heteroatoms. The lowest BCUT2D eigenvalue weighted by molar-refractivity contribution is -0.700. The summed E-state index contributed by atoms with van der Waals surface area (Å²) in [6.45, 7) is 0. The van der Waals surface area contributed by atoms with Gasteiger partial charge in [0.1, 0.15) is 0 Å². The molecule has 0 bridgehead atoms. The Hall–Kier alpha value is -1.91. The summed E-state index contributed by atoms with van der Waals surface area (Å²) in [4.78, 5) is 12.2. The Morgan fingerprint density at radius 3 is 2.86 bits per heavy atom. The van der Waals surface area contributed by atoms with Gasteiger partial charge in [-0.15, -0.1) is 11.3 Å². The van der Waals surface area contributed by atoms with Crippen LogP contribution < -0.4 is 4.57 Å². The quantitative estimate of drug-likeness (QED) is 0.545. The molecular formula is C16H13ClNO2S+. The maximum absolute atomic E-state index is 12.2. The molecule has 1 aromatic carbocycles. The van der Waals surface area contributed by atoms with Crippen molar-refractivity contribution in [1.82, 2.24) is 0 Å². The van der Waals surface area contributed by atoms with Gasteiger partial charge in [-0.1, -0.05) is 29.8 Å². The monoisotopic (exact) mass is 318 g/mol. The number of pyridine rings is 1. The predicted molar refractivity (Wildman–Crippen MR) is 83.6 cm³/mol. The maximum atomic E-state index is 12.2. The van der Waals surface area contributed by atoms with Crippen LogP contribution in [-0.2, 0) is 9.53 Å². The van der Waals surface area contributed by atoms with Crippen molar-refractivity contribution >= 4 is 39.0 Å². The van der Waals surface area contributed by atoms with Gasteiger partial charge in [-0.2, -0.15) is 4.57 Å². The maximum Gasteiger partial charge on any atom is 0.380 e. The number of hydrogen-bond donors (Lipinski definition) is 0. The number of rotatable bonds is 3. The average Bonchev–Trinajstić information content (AvgIpc) is 2.97. The zero-order valence-corrected chi connectivity index (χ0v) is 12.9. The number of carbonyl (C=O) groups excluding carboxylic acids is 1. The van der Waals surface area contributed by atoms with Crippen molar-refractivity contribution in [3.8, 4) is 0 Å².